The van der Waals surface area contributed by atoms with Gasteiger partial charge in [0.2, 0.25) is 5.91 Å². The van der Waals surface area contributed by atoms with E-state index in [-0.39, 0.29) is 12.0 Å². The summed E-state index contributed by atoms with van der Waals surface area (Å²) in [5.41, 5.74) is 4.90. The molecule has 2 fully saturated rings. The first-order chi connectivity index (χ1) is 19.2. The minimum absolute atomic E-state index is 0.136. The summed E-state index contributed by atoms with van der Waals surface area (Å²) in [5.74, 6) is 1.62. The maximum Gasteiger partial charge on any atom is 0.225 e. The molecule has 0 radical (unpaired) electrons. The number of rotatable bonds is 7. The zero-order chi connectivity index (χ0) is 26.6. The van der Waals surface area contributed by atoms with Gasteiger partial charge in [0.1, 0.15) is 5.82 Å². The first-order valence-electron chi connectivity index (χ1n) is 14.5. The van der Waals surface area contributed by atoms with Gasteiger partial charge in [0, 0.05) is 38.6 Å². The molecule has 2 aliphatic rings. The third-order valence-corrected chi connectivity index (χ3v) is 8.57. The average molecular weight is 522 g/mol. The Morgan fingerprint density at radius 1 is 0.795 bits per heavy atom. The summed E-state index contributed by atoms with van der Waals surface area (Å²) >= 11 is 0. The Morgan fingerprint density at radius 2 is 1.38 bits per heavy atom. The molecule has 202 valence electrons. The highest BCUT2D eigenvalue weighted by Crippen LogP contribution is 2.30. The van der Waals surface area contributed by atoms with Crippen molar-refractivity contribution in [2.45, 2.75) is 38.9 Å². The van der Waals surface area contributed by atoms with E-state index in [0.717, 1.165) is 76.5 Å². The maximum atomic E-state index is 13.5. The molecule has 3 heterocycles. The number of likely N-dealkylation sites (tertiary alicyclic amines) is 1. The van der Waals surface area contributed by atoms with Gasteiger partial charge in [-0.25, -0.2) is 4.98 Å². The number of piperidine rings is 1. The van der Waals surface area contributed by atoms with Crippen LogP contribution in [0.1, 0.15) is 42.8 Å². The molecule has 6 nitrogen and oxygen atoms in total. The van der Waals surface area contributed by atoms with Gasteiger partial charge in [-0.1, -0.05) is 72.8 Å². The molecule has 0 unspecified atom stereocenters. The van der Waals surface area contributed by atoms with Crippen LogP contribution in [-0.2, 0) is 17.9 Å². The molecule has 1 aromatic heterocycles. The van der Waals surface area contributed by atoms with E-state index >= 15 is 0 Å². The molecular weight excluding hydrogens is 482 g/mol. The molecule has 0 atom stereocenters. The van der Waals surface area contributed by atoms with Crippen molar-refractivity contribution in [3.8, 4) is 0 Å². The SMILES string of the molecule is CCn1c(CN2CCC(C(=O)N3CCN(C(c4ccccc4)c4ccccc4)CC3)CC2)nc2ccccc21. The second kappa shape index (κ2) is 11.7. The highest BCUT2D eigenvalue weighted by molar-refractivity contribution is 5.79. The van der Waals surface area contributed by atoms with E-state index in [1.807, 2.05) is 0 Å². The Morgan fingerprint density at radius 3 is 2.00 bits per heavy atom. The molecule has 1 amide bonds. The lowest BCUT2D eigenvalue weighted by molar-refractivity contribution is -0.139. The van der Waals surface area contributed by atoms with Crippen molar-refractivity contribution in [2.75, 3.05) is 39.3 Å². The zero-order valence-corrected chi connectivity index (χ0v) is 23.0. The number of nitrogens with zero attached hydrogens (tertiary/aromatic N) is 5. The van der Waals surface area contributed by atoms with Crippen LogP contribution in [0.15, 0.2) is 84.9 Å². The number of para-hydroxylation sites is 2. The van der Waals surface area contributed by atoms with Crippen molar-refractivity contribution in [1.82, 2.24) is 24.3 Å². The van der Waals surface area contributed by atoms with Gasteiger partial charge < -0.3 is 9.47 Å². The summed E-state index contributed by atoms with van der Waals surface area (Å²) in [5, 5.41) is 0. The van der Waals surface area contributed by atoms with Crippen molar-refractivity contribution >= 4 is 16.9 Å². The highest BCUT2D eigenvalue weighted by atomic mass is 16.2. The van der Waals surface area contributed by atoms with Gasteiger partial charge >= 0.3 is 0 Å². The second-order valence-corrected chi connectivity index (χ2v) is 10.9. The zero-order valence-electron chi connectivity index (χ0n) is 23.0. The summed E-state index contributed by atoms with van der Waals surface area (Å²) in [4.78, 5) is 25.6. The van der Waals surface area contributed by atoms with E-state index in [0.29, 0.717) is 5.91 Å². The van der Waals surface area contributed by atoms with Gasteiger partial charge in [-0.05, 0) is 56.1 Å². The Balaban J connectivity index is 1.05. The van der Waals surface area contributed by atoms with Gasteiger partial charge in [-0.3, -0.25) is 14.6 Å². The van der Waals surface area contributed by atoms with Gasteiger partial charge in [-0.15, -0.1) is 0 Å². The van der Waals surface area contributed by atoms with Crippen molar-refractivity contribution < 1.29 is 4.79 Å². The molecule has 2 saturated heterocycles. The summed E-state index contributed by atoms with van der Waals surface area (Å²) < 4.78 is 2.32. The van der Waals surface area contributed by atoms with Crippen LogP contribution in [0.25, 0.3) is 11.0 Å². The second-order valence-electron chi connectivity index (χ2n) is 10.9. The van der Waals surface area contributed by atoms with Crippen LogP contribution in [0.2, 0.25) is 0 Å². The van der Waals surface area contributed by atoms with Gasteiger partial charge in [0.05, 0.1) is 23.6 Å². The summed E-state index contributed by atoms with van der Waals surface area (Å²) in [7, 11) is 0. The molecule has 2 aliphatic heterocycles. The lowest BCUT2D eigenvalue weighted by Gasteiger charge is -2.41. The van der Waals surface area contributed by atoms with E-state index < -0.39 is 0 Å². The summed E-state index contributed by atoms with van der Waals surface area (Å²) in [6.45, 7) is 9.25. The molecule has 0 aliphatic carbocycles. The standard InChI is InChI=1S/C33H39N5O/c1-2-38-30-16-10-9-15-29(30)34-31(38)25-35-19-17-28(18-20-35)33(39)37-23-21-36(22-24-37)32(26-11-5-3-6-12-26)27-13-7-4-8-14-27/h3-16,28,32H,2,17-25H2,1H3. The maximum absolute atomic E-state index is 13.5. The van der Waals surface area contributed by atoms with Crippen LogP contribution in [0.4, 0.5) is 0 Å². The number of aryl methyl sites for hydroxylation is 1. The number of hydrogen-bond donors (Lipinski definition) is 0. The lowest BCUT2D eigenvalue weighted by atomic mass is 9.94. The van der Waals surface area contributed by atoms with Crippen molar-refractivity contribution in [3.63, 3.8) is 0 Å². The van der Waals surface area contributed by atoms with Crippen LogP contribution >= 0.6 is 0 Å². The third kappa shape index (κ3) is 5.49. The molecule has 4 aromatic rings. The molecule has 6 rings (SSSR count). The number of carbonyl (C=O) groups is 1. The van der Waals surface area contributed by atoms with Crippen molar-refractivity contribution in [2.24, 2.45) is 5.92 Å². The largest absolute Gasteiger partial charge is 0.340 e. The normalized spacial score (nSPS) is 17.7. The smallest absolute Gasteiger partial charge is 0.225 e. The third-order valence-electron chi connectivity index (χ3n) is 8.57. The predicted octanol–water partition coefficient (Wildman–Crippen LogP) is 5.20. The fraction of sp³-hybridized carbons (Fsp3) is 0.394. The number of hydrogen-bond acceptors (Lipinski definition) is 4. The number of carbonyl (C=O) groups excluding carboxylic acids is 1. The fourth-order valence-corrected chi connectivity index (χ4v) is 6.48. The van der Waals surface area contributed by atoms with Gasteiger partial charge in [-0.2, -0.15) is 0 Å². The minimum atomic E-state index is 0.136. The van der Waals surface area contributed by atoms with Crippen LogP contribution in [0, 0.1) is 5.92 Å². The van der Waals surface area contributed by atoms with Gasteiger partial charge in [0.25, 0.3) is 0 Å². The van der Waals surface area contributed by atoms with Crippen molar-refractivity contribution in [3.05, 3.63) is 102 Å². The molecule has 3 aromatic carbocycles. The van der Waals surface area contributed by atoms with Crippen LogP contribution in [0.5, 0.6) is 0 Å². The van der Waals surface area contributed by atoms with E-state index in [9.17, 15) is 4.79 Å². The lowest BCUT2D eigenvalue weighted by Crippen LogP contribution is -2.52. The van der Waals surface area contributed by atoms with E-state index in [2.05, 4.69) is 111 Å². The van der Waals surface area contributed by atoms with Crippen LogP contribution < -0.4 is 0 Å². The summed E-state index contributed by atoms with van der Waals surface area (Å²) in [6, 6.07) is 30.1. The average Bonchev–Trinajstić information content (AvgIpc) is 3.35. The minimum Gasteiger partial charge on any atom is -0.340 e. The topological polar surface area (TPSA) is 44.6 Å². The fourth-order valence-electron chi connectivity index (χ4n) is 6.48. The molecule has 0 bridgehead atoms. The Bertz CT molecular complexity index is 1330. The molecule has 0 saturated carbocycles. The predicted molar refractivity (Wildman–Crippen MR) is 156 cm³/mol. The monoisotopic (exact) mass is 521 g/mol. The van der Waals surface area contributed by atoms with Crippen LogP contribution in [-0.4, -0.2) is 69.4 Å². The number of amides is 1. The first-order valence-corrected chi connectivity index (χ1v) is 14.5. The quantitative estimate of drug-likeness (QED) is 0.335. The Kier molecular flexibility index (Phi) is 7.75. The van der Waals surface area contributed by atoms with Crippen molar-refractivity contribution in [1.29, 1.82) is 0 Å². The summed E-state index contributed by atoms with van der Waals surface area (Å²) in [6.07, 6.45) is 1.87. The Labute approximate surface area is 231 Å². The highest BCUT2D eigenvalue weighted by Gasteiger charge is 2.33. The number of aromatic nitrogens is 2. The molecule has 39 heavy (non-hydrogen) atoms. The van der Waals surface area contributed by atoms with Crippen LogP contribution in [0.3, 0.4) is 0 Å². The van der Waals surface area contributed by atoms with E-state index in [1.54, 1.807) is 0 Å². The Hall–Kier alpha value is -3.48. The molecular formula is C33H39N5O. The molecule has 0 spiro atoms. The molecule has 6 heteroatoms. The van der Waals surface area contributed by atoms with E-state index in [1.165, 1.54) is 16.6 Å². The van der Waals surface area contributed by atoms with E-state index in [4.69, 9.17) is 4.98 Å². The number of piperazine rings is 1. The number of benzene rings is 3. The first kappa shape index (κ1) is 25.8. The molecule has 0 N–H and O–H groups in total. The van der Waals surface area contributed by atoms with Gasteiger partial charge in [0.15, 0.2) is 0 Å². The number of imidazole rings is 1. The number of fused-ring (bicyclic) bond motifs is 1.